The van der Waals surface area contributed by atoms with Gasteiger partial charge in [-0.3, -0.25) is 0 Å². The molecular weight excluding hydrogens is 350 g/mol. The lowest BCUT2D eigenvalue weighted by atomic mass is 10.3. The molecule has 0 heterocycles. The van der Waals surface area contributed by atoms with E-state index in [0.29, 0.717) is 0 Å². The molecule has 0 spiro atoms. The zero-order valence-corrected chi connectivity index (χ0v) is 16.5. The Balaban J connectivity index is 1.73. The van der Waals surface area contributed by atoms with Gasteiger partial charge in [0.05, 0.1) is 19.2 Å². The van der Waals surface area contributed by atoms with Crippen LogP contribution in [0.3, 0.4) is 0 Å². The van der Waals surface area contributed by atoms with Gasteiger partial charge in [-0.2, -0.15) is 0 Å². The van der Waals surface area contributed by atoms with Crippen LogP contribution in [0, 0.1) is 0 Å². The van der Waals surface area contributed by atoms with Gasteiger partial charge < -0.3 is 0 Å². The number of rotatable bonds is 5. The Morgan fingerprint density at radius 3 is 1.46 bits per heavy atom. The molecule has 0 aliphatic carbocycles. The van der Waals surface area contributed by atoms with E-state index in [1.54, 1.807) is 0 Å². The molecule has 4 rings (SSSR count). The molecule has 126 valence electrons. The summed E-state index contributed by atoms with van der Waals surface area (Å²) in [6.45, 7) is 0. The number of hydrogen-bond acceptors (Lipinski definition) is 0. The van der Waals surface area contributed by atoms with Gasteiger partial charge in [-0.15, -0.1) is 0 Å². The molecule has 0 nitrogen and oxygen atoms in total. The van der Waals surface area contributed by atoms with Crippen molar-refractivity contribution in [2.24, 2.45) is 0 Å². The number of hydrogen-bond donors (Lipinski definition) is 0. The van der Waals surface area contributed by atoms with Crippen LogP contribution in [-0.2, 0) is 0 Å². The average Bonchev–Trinajstić information content (AvgIpc) is 2.71. The van der Waals surface area contributed by atoms with E-state index in [1.165, 1.54) is 26.5 Å². The first kappa shape index (κ1) is 17.2. The molecule has 0 aromatic heterocycles. The molecule has 4 aromatic carbocycles. The SMILES string of the molecule is c1ccc([PH2+]c2cccc(P(c3ccccc3)c3ccccc3)c2)cc1. The molecule has 4 aromatic rings. The molecule has 1 atom stereocenters. The first-order chi connectivity index (χ1) is 12.9. The van der Waals surface area contributed by atoms with Gasteiger partial charge in [0.1, 0.15) is 0 Å². The van der Waals surface area contributed by atoms with Crippen LogP contribution in [0.5, 0.6) is 0 Å². The fraction of sp³-hybridized carbons (Fsp3) is 0. The van der Waals surface area contributed by atoms with Crippen molar-refractivity contribution < 1.29 is 0 Å². The molecule has 0 aliphatic heterocycles. The van der Waals surface area contributed by atoms with E-state index in [0.717, 1.165) is 0 Å². The van der Waals surface area contributed by atoms with Crippen LogP contribution in [0.15, 0.2) is 115 Å². The van der Waals surface area contributed by atoms with Crippen LogP contribution in [0.25, 0.3) is 0 Å². The van der Waals surface area contributed by atoms with Crippen molar-refractivity contribution in [2.45, 2.75) is 0 Å². The Kier molecular flexibility index (Phi) is 5.56. The third-order valence-corrected chi connectivity index (χ3v) is 8.12. The molecule has 0 N–H and O–H groups in total. The third kappa shape index (κ3) is 4.10. The van der Waals surface area contributed by atoms with Gasteiger partial charge in [-0.1, -0.05) is 91.0 Å². The summed E-state index contributed by atoms with van der Waals surface area (Å²) >= 11 is 0. The molecule has 2 heteroatoms. The Hall–Kier alpha value is -2.26. The van der Waals surface area contributed by atoms with Crippen LogP contribution in [0.1, 0.15) is 0 Å². The molecule has 0 saturated heterocycles. The van der Waals surface area contributed by atoms with Crippen molar-refractivity contribution in [1.29, 1.82) is 0 Å². The normalized spacial score (nSPS) is 11.3. The van der Waals surface area contributed by atoms with Crippen LogP contribution >= 0.6 is 16.5 Å². The van der Waals surface area contributed by atoms with Crippen LogP contribution < -0.4 is 26.5 Å². The summed E-state index contributed by atoms with van der Waals surface area (Å²) in [4.78, 5) is 0. The second-order valence-corrected chi connectivity index (χ2v) is 10.00. The summed E-state index contributed by atoms with van der Waals surface area (Å²) in [5, 5.41) is 7.13. The van der Waals surface area contributed by atoms with Gasteiger partial charge in [0.2, 0.25) is 0 Å². The van der Waals surface area contributed by atoms with Gasteiger partial charge in [-0.25, -0.2) is 0 Å². The topological polar surface area (TPSA) is 0 Å². The quantitative estimate of drug-likeness (QED) is 0.468. The highest BCUT2D eigenvalue weighted by molar-refractivity contribution is 7.79. The highest BCUT2D eigenvalue weighted by Crippen LogP contribution is 2.32. The summed E-state index contributed by atoms with van der Waals surface area (Å²) in [6.07, 6.45) is 0. The second kappa shape index (κ2) is 8.41. The highest BCUT2D eigenvalue weighted by atomic mass is 31.1. The smallest absolute Gasteiger partial charge is 0.0622 e. The minimum absolute atomic E-state index is 0.127. The van der Waals surface area contributed by atoms with Gasteiger partial charge in [0, 0.05) is 0 Å². The maximum Gasteiger partial charge on any atom is 0.0948 e. The Labute approximate surface area is 158 Å². The lowest BCUT2D eigenvalue weighted by Crippen LogP contribution is -2.22. The molecule has 1 unspecified atom stereocenters. The predicted molar refractivity (Wildman–Crippen MR) is 121 cm³/mol. The summed E-state index contributed by atoms with van der Waals surface area (Å²) < 4.78 is 0. The fourth-order valence-electron chi connectivity index (χ4n) is 3.10. The second-order valence-electron chi connectivity index (χ2n) is 6.16. The minimum Gasteiger partial charge on any atom is -0.0622 e. The van der Waals surface area contributed by atoms with Crippen molar-refractivity contribution in [2.75, 3.05) is 0 Å². The van der Waals surface area contributed by atoms with Crippen molar-refractivity contribution >= 4 is 43.0 Å². The van der Waals surface area contributed by atoms with Gasteiger partial charge >= 0.3 is 0 Å². The first-order valence-corrected chi connectivity index (χ1v) is 11.3. The van der Waals surface area contributed by atoms with E-state index in [1.807, 2.05) is 0 Å². The van der Waals surface area contributed by atoms with Crippen molar-refractivity contribution in [3.05, 3.63) is 115 Å². The maximum absolute atomic E-state index is 2.42. The van der Waals surface area contributed by atoms with Crippen LogP contribution in [0.4, 0.5) is 0 Å². The Morgan fingerprint density at radius 1 is 0.423 bits per heavy atom. The lowest BCUT2D eigenvalue weighted by molar-refractivity contribution is 1.75. The molecule has 0 bridgehead atoms. The van der Waals surface area contributed by atoms with E-state index >= 15 is 0 Å². The zero-order valence-electron chi connectivity index (χ0n) is 14.5. The van der Waals surface area contributed by atoms with E-state index < -0.39 is 7.92 Å². The van der Waals surface area contributed by atoms with Crippen molar-refractivity contribution in [3.63, 3.8) is 0 Å². The van der Waals surface area contributed by atoms with Crippen LogP contribution in [0.2, 0.25) is 0 Å². The molecule has 0 amide bonds. The monoisotopic (exact) mass is 371 g/mol. The largest absolute Gasteiger partial charge is 0.0948 e. The molecule has 0 aliphatic rings. The summed E-state index contributed by atoms with van der Waals surface area (Å²) in [6, 6.07) is 41.8. The van der Waals surface area contributed by atoms with Gasteiger partial charge in [-0.05, 0) is 48.1 Å². The van der Waals surface area contributed by atoms with E-state index in [4.69, 9.17) is 0 Å². The van der Waals surface area contributed by atoms with Gasteiger partial charge in [0.25, 0.3) is 0 Å². The Morgan fingerprint density at radius 2 is 0.885 bits per heavy atom. The third-order valence-electron chi connectivity index (χ3n) is 4.29. The van der Waals surface area contributed by atoms with E-state index in [2.05, 4.69) is 115 Å². The summed E-state index contributed by atoms with van der Waals surface area (Å²) in [7, 11) is -0.396. The molecule has 26 heavy (non-hydrogen) atoms. The standard InChI is InChI=1S/C24H20P2/c1-4-11-20(12-5-1)25-21-13-10-18-24(19-21)26(22-14-6-2-7-15-22)23-16-8-3-9-17-23/h1-19,25H/p+1. The maximum atomic E-state index is 2.42. The number of benzene rings is 4. The predicted octanol–water partition coefficient (Wildman–Crippen LogP) is 3.81. The first-order valence-electron chi connectivity index (χ1n) is 8.80. The van der Waals surface area contributed by atoms with E-state index in [9.17, 15) is 0 Å². The summed E-state index contributed by atoms with van der Waals surface area (Å²) in [5.41, 5.74) is 0. The average molecular weight is 371 g/mol. The molecule has 0 radical (unpaired) electrons. The molecule has 0 saturated carbocycles. The lowest BCUT2D eigenvalue weighted by Gasteiger charge is -2.19. The van der Waals surface area contributed by atoms with Crippen LogP contribution in [-0.4, -0.2) is 0 Å². The van der Waals surface area contributed by atoms with Crippen molar-refractivity contribution in [1.82, 2.24) is 0 Å². The minimum atomic E-state index is -0.523. The summed E-state index contributed by atoms with van der Waals surface area (Å²) in [5.74, 6) is 0. The van der Waals surface area contributed by atoms with Crippen molar-refractivity contribution in [3.8, 4) is 0 Å². The van der Waals surface area contributed by atoms with Gasteiger partial charge in [0.15, 0.2) is 0 Å². The Bertz CT molecular complexity index is 911. The zero-order chi connectivity index (χ0) is 17.6. The highest BCUT2D eigenvalue weighted by Gasteiger charge is 2.17. The molecule has 0 fully saturated rings. The van der Waals surface area contributed by atoms with E-state index in [-0.39, 0.29) is 8.58 Å². The molecular formula is C24H21P2+. The fourth-order valence-corrected chi connectivity index (χ4v) is 6.86.